The molecule has 0 heterocycles. The highest BCUT2D eigenvalue weighted by Gasteiger charge is 2.10. The van der Waals surface area contributed by atoms with Crippen molar-refractivity contribution < 1.29 is 19.8 Å². The van der Waals surface area contributed by atoms with Crippen molar-refractivity contribution in [3.05, 3.63) is 30.3 Å². The summed E-state index contributed by atoms with van der Waals surface area (Å²) in [6, 6.07) is 3.83. The number of amides is 2. The van der Waals surface area contributed by atoms with Crippen LogP contribution in [0.1, 0.15) is 5.56 Å². The highest BCUT2D eigenvalue weighted by Crippen LogP contribution is 2.26. The summed E-state index contributed by atoms with van der Waals surface area (Å²) in [5.41, 5.74) is 9.39. The molecule has 0 aliphatic carbocycles. The van der Waals surface area contributed by atoms with Gasteiger partial charge in [0.15, 0.2) is 0 Å². The van der Waals surface area contributed by atoms with Crippen molar-refractivity contribution in [2.24, 2.45) is 5.73 Å². The number of carbonyl (C=O) groups is 2. The summed E-state index contributed by atoms with van der Waals surface area (Å²) in [6.07, 6.45) is 0. The number of hydrazine groups is 1. The molecule has 1 aromatic rings. The summed E-state index contributed by atoms with van der Waals surface area (Å²) in [5, 5.41) is 18.5. The molecule has 0 aliphatic heterocycles. The lowest BCUT2D eigenvalue weighted by Crippen LogP contribution is -2.43. The van der Waals surface area contributed by atoms with Gasteiger partial charge < -0.3 is 15.9 Å². The fraction of sp³-hybridized carbons (Fsp3) is 0. The Hall–Kier alpha value is -2.70. The van der Waals surface area contributed by atoms with Gasteiger partial charge in [0.2, 0.25) is 0 Å². The van der Waals surface area contributed by atoms with Crippen molar-refractivity contribution in [1.82, 2.24) is 10.9 Å². The lowest BCUT2D eigenvalue weighted by atomic mass is 10.1. The van der Waals surface area contributed by atoms with E-state index in [2.05, 4.69) is 12.0 Å². The second kappa shape index (κ2) is 4.88. The average molecular weight is 237 g/mol. The highest BCUT2D eigenvalue weighted by atomic mass is 16.3. The second-order valence-corrected chi connectivity index (χ2v) is 3.12. The van der Waals surface area contributed by atoms with Crippen LogP contribution in [0.5, 0.6) is 11.5 Å². The van der Waals surface area contributed by atoms with Crippen molar-refractivity contribution in [3.8, 4) is 11.5 Å². The van der Waals surface area contributed by atoms with Gasteiger partial charge in [-0.05, 0) is 12.1 Å². The molecule has 0 atom stereocenters. The minimum atomic E-state index is -1.15. The quantitative estimate of drug-likeness (QED) is 0.347. The molecule has 0 bridgehead atoms. The Morgan fingerprint density at radius 3 is 2.41 bits per heavy atom. The molecule has 7 heteroatoms. The molecule has 6 N–H and O–H groups in total. The van der Waals surface area contributed by atoms with Crippen LogP contribution in [0.3, 0.4) is 0 Å². The number of primary amides is 1. The van der Waals surface area contributed by atoms with Gasteiger partial charge in [-0.25, -0.2) is 0 Å². The number of phenolic OH excluding ortho intramolecular Hbond substituents is 2. The van der Waals surface area contributed by atoms with Gasteiger partial charge in [-0.1, -0.05) is 6.58 Å². The zero-order valence-electron chi connectivity index (χ0n) is 8.73. The third-order valence-corrected chi connectivity index (χ3v) is 1.86. The lowest BCUT2D eigenvalue weighted by Gasteiger charge is -2.11. The summed E-state index contributed by atoms with van der Waals surface area (Å²) in [7, 11) is 0. The van der Waals surface area contributed by atoms with Crippen LogP contribution in [-0.2, 0) is 9.59 Å². The Morgan fingerprint density at radius 1 is 1.24 bits per heavy atom. The molecule has 0 radical (unpaired) electrons. The van der Waals surface area contributed by atoms with Crippen LogP contribution in [-0.4, -0.2) is 22.0 Å². The van der Waals surface area contributed by atoms with E-state index in [4.69, 9.17) is 10.8 Å². The van der Waals surface area contributed by atoms with Gasteiger partial charge in [-0.2, -0.15) is 0 Å². The van der Waals surface area contributed by atoms with Gasteiger partial charge in [0.1, 0.15) is 11.5 Å². The molecule has 2 amide bonds. The van der Waals surface area contributed by atoms with Crippen molar-refractivity contribution in [1.29, 1.82) is 0 Å². The minimum Gasteiger partial charge on any atom is -0.508 e. The maximum Gasteiger partial charge on any atom is 0.327 e. The van der Waals surface area contributed by atoms with E-state index in [9.17, 15) is 14.7 Å². The number of benzene rings is 1. The van der Waals surface area contributed by atoms with E-state index in [1.807, 2.05) is 5.43 Å². The maximum atomic E-state index is 10.8. The third kappa shape index (κ3) is 3.13. The standard InChI is InChI=1S/C10H11N3O4/c1-5(12-13-10(17)9(11)16)7-3-2-6(14)4-8(7)15/h2-4,12,14-15H,1H2,(H2,11,16)(H,13,17). The van der Waals surface area contributed by atoms with Crippen LogP contribution in [0.15, 0.2) is 24.8 Å². The van der Waals surface area contributed by atoms with Gasteiger partial charge >= 0.3 is 11.8 Å². The Kier molecular flexibility index (Phi) is 3.55. The fourth-order valence-corrected chi connectivity index (χ4v) is 1.04. The van der Waals surface area contributed by atoms with Crippen LogP contribution < -0.4 is 16.6 Å². The normalized spacial score (nSPS) is 9.41. The summed E-state index contributed by atoms with van der Waals surface area (Å²) >= 11 is 0. The van der Waals surface area contributed by atoms with Crippen LogP contribution >= 0.6 is 0 Å². The molecule has 0 unspecified atom stereocenters. The molecule has 1 aromatic carbocycles. The second-order valence-electron chi connectivity index (χ2n) is 3.12. The fourth-order valence-electron chi connectivity index (χ4n) is 1.04. The molecule has 0 spiro atoms. The average Bonchev–Trinajstić information content (AvgIpc) is 2.25. The summed E-state index contributed by atoms with van der Waals surface area (Å²) in [4.78, 5) is 21.2. The van der Waals surface area contributed by atoms with Crippen molar-refractivity contribution >= 4 is 17.5 Å². The molecule has 0 fully saturated rings. The predicted octanol–water partition coefficient (Wildman–Crippen LogP) is -0.825. The number of hydrogen-bond acceptors (Lipinski definition) is 5. The molecule has 0 aliphatic rings. The molecule has 0 saturated carbocycles. The zero-order valence-corrected chi connectivity index (χ0v) is 8.73. The molecule has 0 saturated heterocycles. The van der Waals surface area contributed by atoms with Gasteiger partial charge in [-0.15, -0.1) is 0 Å². The molecule has 17 heavy (non-hydrogen) atoms. The van der Waals surface area contributed by atoms with Crippen LogP contribution in [0, 0.1) is 0 Å². The van der Waals surface area contributed by atoms with E-state index in [1.165, 1.54) is 12.1 Å². The SMILES string of the molecule is C=C(NNC(=O)C(N)=O)c1ccc(O)cc1O. The molecule has 1 rings (SSSR count). The van der Waals surface area contributed by atoms with Gasteiger partial charge in [0.25, 0.3) is 0 Å². The first-order valence-corrected chi connectivity index (χ1v) is 4.49. The van der Waals surface area contributed by atoms with E-state index >= 15 is 0 Å². The van der Waals surface area contributed by atoms with Crippen LogP contribution in [0.25, 0.3) is 5.70 Å². The van der Waals surface area contributed by atoms with Gasteiger partial charge in [0, 0.05) is 11.6 Å². The molecule has 0 aromatic heterocycles. The lowest BCUT2D eigenvalue weighted by molar-refractivity contribution is -0.137. The van der Waals surface area contributed by atoms with E-state index in [0.29, 0.717) is 0 Å². The number of nitrogens with two attached hydrogens (primary N) is 1. The molecular formula is C10H11N3O4. The van der Waals surface area contributed by atoms with Crippen molar-refractivity contribution in [3.63, 3.8) is 0 Å². The van der Waals surface area contributed by atoms with E-state index in [-0.39, 0.29) is 22.8 Å². The van der Waals surface area contributed by atoms with Gasteiger partial charge in [-0.3, -0.25) is 20.4 Å². The first kappa shape index (κ1) is 12.4. The Morgan fingerprint density at radius 2 is 1.88 bits per heavy atom. The first-order chi connectivity index (χ1) is 7.91. The number of phenols is 2. The maximum absolute atomic E-state index is 10.8. The summed E-state index contributed by atoms with van der Waals surface area (Å²) in [5.74, 6) is -2.53. The zero-order chi connectivity index (χ0) is 13.0. The Bertz CT molecular complexity index is 484. The highest BCUT2D eigenvalue weighted by molar-refractivity contribution is 6.34. The van der Waals surface area contributed by atoms with E-state index < -0.39 is 11.8 Å². The van der Waals surface area contributed by atoms with Gasteiger partial charge in [0.05, 0.1) is 5.70 Å². The van der Waals surface area contributed by atoms with E-state index in [0.717, 1.165) is 6.07 Å². The van der Waals surface area contributed by atoms with Crippen molar-refractivity contribution in [2.75, 3.05) is 0 Å². The third-order valence-electron chi connectivity index (χ3n) is 1.86. The molecular weight excluding hydrogens is 226 g/mol. The molecule has 90 valence electrons. The first-order valence-electron chi connectivity index (χ1n) is 4.49. The number of aromatic hydroxyl groups is 2. The largest absolute Gasteiger partial charge is 0.508 e. The number of nitrogens with one attached hydrogen (secondary N) is 2. The number of rotatable bonds is 3. The Balaban J connectivity index is 2.71. The topological polar surface area (TPSA) is 125 Å². The van der Waals surface area contributed by atoms with E-state index in [1.54, 1.807) is 0 Å². The molecule has 7 nitrogen and oxygen atoms in total. The smallest absolute Gasteiger partial charge is 0.327 e. The predicted molar refractivity (Wildman–Crippen MR) is 59.3 cm³/mol. The summed E-state index contributed by atoms with van der Waals surface area (Å²) in [6.45, 7) is 3.53. The Labute approximate surface area is 96.5 Å². The summed E-state index contributed by atoms with van der Waals surface area (Å²) < 4.78 is 0. The van der Waals surface area contributed by atoms with Crippen LogP contribution in [0.4, 0.5) is 0 Å². The number of carbonyl (C=O) groups excluding carboxylic acids is 2. The minimum absolute atomic E-state index is 0.111. The number of hydrogen-bond donors (Lipinski definition) is 5. The van der Waals surface area contributed by atoms with Crippen LogP contribution in [0.2, 0.25) is 0 Å². The van der Waals surface area contributed by atoms with Crippen molar-refractivity contribution in [2.45, 2.75) is 0 Å². The monoisotopic (exact) mass is 237 g/mol.